The van der Waals surface area contributed by atoms with E-state index in [1.165, 1.54) is 25.7 Å². The van der Waals surface area contributed by atoms with Crippen LogP contribution in [0.1, 0.15) is 71.9 Å². The van der Waals surface area contributed by atoms with E-state index in [9.17, 15) is 9.90 Å². The second kappa shape index (κ2) is 7.04. The Labute approximate surface area is 138 Å². The molecule has 5 nitrogen and oxygen atoms in total. The SMILES string of the molecule is CC(C)(CCCC1CCC1)C(=O)Nc1cc(C(C)(C)CO)no1. The Morgan fingerprint density at radius 3 is 2.65 bits per heavy atom. The molecule has 1 saturated carbocycles. The number of aliphatic hydroxyl groups excluding tert-OH is 1. The Hall–Kier alpha value is -1.36. The monoisotopic (exact) mass is 322 g/mol. The molecule has 1 heterocycles. The molecule has 2 N–H and O–H groups in total. The van der Waals surface area contributed by atoms with Crippen LogP contribution < -0.4 is 5.32 Å². The number of rotatable bonds is 8. The zero-order valence-electron chi connectivity index (χ0n) is 14.8. The summed E-state index contributed by atoms with van der Waals surface area (Å²) in [5.41, 5.74) is -0.272. The molecule has 1 aliphatic carbocycles. The first kappa shape index (κ1) is 18.0. The van der Waals surface area contributed by atoms with Crippen molar-refractivity contribution in [1.82, 2.24) is 5.16 Å². The van der Waals surface area contributed by atoms with Crippen LogP contribution in [0.3, 0.4) is 0 Å². The van der Waals surface area contributed by atoms with Gasteiger partial charge in [-0.05, 0) is 12.3 Å². The minimum atomic E-state index is -0.481. The smallest absolute Gasteiger partial charge is 0.232 e. The van der Waals surface area contributed by atoms with Gasteiger partial charge < -0.3 is 9.63 Å². The standard InChI is InChI=1S/C18H30N2O3/c1-17(2,10-6-9-13-7-5-8-13)16(22)19-15-11-14(20-23-15)18(3,4)12-21/h11,13,21H,5-10,12H2,1-4H3,(H,19,22). The lowest BCUT2D eigenvalue weighted by Crippen LogP contribution is -2.31. The predicted octanol–water partition coefficient (Wildman–Crippen LogP) is 3.88. The number of aliphatic hydroxyl groups is 1. The maximum absolute atomic E-state index is 12.5. The van der Waals surface area contributed by atoms with E-state index in [-0.39, 0.29) is 12.5 Å². The number of nitrogens with zero attached hydrogens (tertiary/aromatic N) is 1. The minimum Gasteiger partial charge on any atom is -0.395 e. The Morgan fingerprint density at radius 2 is 2.09 bits per heavy atom. The van der Waals surface area contributed by atoms with Gasteiger partial charge in [-0.2, -0.15) is 0 Å². The molecule has 23 heavy (non-hydrogen) atoms. The molecule has 0 spiro atoms. The van der Waals surface area contributed by atoms with Crippen molar-refractivity contribution in [3.05, 3.63) is 11.8 Å². The summed E-state index contributed by atoms with van der Waals surface area (Å²) in [6.07, 6.45) is 7.27. The molecule has 0 aliphatic heterocycles. The van der Waals surface area contributed by atoms with Crippen LogP contribution in [0.2, 0.25) is 0 Å². The maximum Gasteiger partial charge on any atom is 0.232 e. The Morgan fingerprint density at radius 1 is 1.39 bits per heavy atom. The number of anilines is 1. The number of aromatic nitrogens is 1. The Kier molecular flexibility index (Phi) is 5.50. The third-order valence-corrected chi connectivity index (χ3v) is 5.09. The highest BCUT2D eigenvalue weighted by atomic mass is 16.5. The van der Waals surface area contributed by atoms with E-state index in [0.29, 0.717) is 11.6 Å². The number of carbonyl (C=O) groups is 1. The molecule has 0 atom stereocenters. The van der Waals surface area contributed by atoms with E-state index in [1.807, 2.05) is 27.7 Å². The molecule has 2 rings (SSSR count). The highest BCUT2D eigenvalue weighted by Crippen LogP contribution is 2.34. The van der Waals surface area contributed by atoms with Gasteiger partial charge in [0.05, 0.1) is 12.3 Å². The fourth-order valence-electron chi connectivity index (χ4n) is 2.74. The minimum absolute atomic E-state index is 0.0282. The topological polar surface area (TPSA) is 75.4 Å². The van der Waals surface area contributed by atoms with Gasteiger partial charge in [-0.3, -0.25) is 10.1 Å². The van der Waals surface area contributed by atoms with Crippen molar-refractivity contribution in [3.8, 4) is 0 Å². The van der Waals surface area contributed by atoms with E-state index in [4.69, 9.17) is 4.52 Å². The molecule has 1 fully saturated rings. The average molecular weight is 322 g/mol. The van der Waals surface area contributed by atoms with E-state index >= 15 is 0 Å². The summed E-state index contributed by atoms with van der Waals surface area (Å²) in [5.74, 6) is 1.18. The van der Waals surface area contributed by atoms with Gasteiger partial charge in [-0.1, -0.05) is 65.0 Å². The van der Waals surface area contributed by atoms with Gasteiger partial charge >= 0.3 is 0 Å². The zero-order chi connectivity index (χ0) is 17.1. The zero-order valence-corrected chi connectivity index (χ0v) is 14.8. The van der Waals surface area contributed by atoms with Crippen molar-refractivity contribution in [1.29, 1.82) is 0 Å². The second-order valence-electron chi connectivity index (χ2n) is 8.15. The molecule has 1 aliphatic rings. The molecule has 5 heteroatoms. The summed E-state index contributed by atoms with van der Waals surface area (Å²) in [7, 11) is 0. The van der Waals surface area contributed by atoms with Gasteiger partial charge in [-0.25, -0.2) is 0 Å². The Bertz CT molecular complexity index is 530. The van der Waals surface area contributed by atoms with Gasteiger partial charge in [0, 0.05) is 16.9 Å². The van der Waals surface area contributed by atoms with Crippen LogP contribution in [0.5, 0.6) is 0 Å². The maximum atomic E-state index is 12.5. The lowest BCUT2D eigenvalue weighted by atomic mass is 9.79. The third kappa shape index (κ3) is 4.56. The lowest BCUT2D eigenvalue weighted by molar-refractivity contribution is -0.124. The molecule has 1 aromatic rings. The first-order chi connectivity index (χ1) is 10.7. The molecule has 0 radical (unpaired) electrons. The number of nitrogens with one attached hydrogen (secondary N) is 1. The first-order valence-electron chi connectivity index (χ1n) is 8.64. The van der Waals surface area contributed by atoms with E-state index in [1.54, 1.807) is 6.07 Å². The molecule has 0 saturated heterocycles. The fourth-order valence-corrected chi connectivity index (χ4v) is 2.74. The molecule has 1 aromatic heterocycles. The van der Waals surface area contributed by atoms with Crippen LogP contribution in [-0.4, -0.2) is 22.8 Å². The van der Waals surface area contributed by atoms with Crippen molar-refractivity contribution in [2.45, 2.75) is 71.6 Å². The number of amides is 1. The summed E-state index contributed by atoms with van der Waals surface area (Å²) in [6, 6.07) is 1.69. The van der Waals surface area contributed by atoms with Crippen LogP contribution in [0.4, 0.5) is 5.88 Å². The number of hydrogen-bond acceptors (Lipinski definition) is 4. The molecule has 0 aromatic carbocycles. The highest BCUT2D eigenvalue weighted by Gasteiger charge is 2.30. The summed E-state index contributed by atoms with van der Waals surface area (Å²) in [5, 5.41) is 16.1. The number of carbonyl (C=O) groups excluding carboxylic acids is 1. The summed E-state index contributed by atoms with van der Waals surface area (Å²) in [4.78, 5) is 12.5. The van der Waals surface area contributed by atoms with Crippen molar-refractivity contribution in [2.24, 2.45) is 11.3 Å². The molecule has 130 valence electrons. The third-order valence-electron chi connectivity index (χ3n) is 5.09. The fraction of sp³-hybridized carbons (Fsp3) is 0.778. The van der Waals surface area contributed by atoms with Gasteiger partial charge in [0.2, 0.25) is 11.8 Å². The largest absolute Gasteiger partial charge is 0.395 e. The predicted molar refractivity (Wildman–Crippen MR) is 90.2 cm³/mol. The van der Waals surface area contributed by atoms with Crippen molar-refractivity contribution >= 4 is 11.8 Å². The molecule has 0 unspecified atom stereocenters. The van der Waals surface area contributed by atoms with E-state index in [0.717, 1.165) is 18.8 Å². The van der Waals surface area contributed by atoms with Crippen LogP contribution >= 0.6 is 0 Å². The normalized spacial score (nSPS) is 16.2. The van der Waals surface area contributed by atoms with Crippen LogP contribution in [0.15, 0.2) is 10.6 Å². The van der Waals surface area contributed by atoms with E-state index in [2.05, 4.69) is 10.5 Å². The van der Waals surface area contributed by atoms with Gasteiger partial charge in [-0.15, -0.1) is 0 Å². The van der Waals surface area contributed by atoms with Crippen LogP contribution in [0.25, 0.3) is 0 Å². The van der Waals surface area contributed by atoms with Gasteiger partial charge in [0.15, 0.2) is 0 Å². The quantitative estimate of drug-likeness (QED) is 0.761. The van der Waals surface area contributed by atoms with Crippen LogP contribution in [0, 0.1) is 11.3 Å². The molecular formula is C18H30N2O3. The van der Waals surface area contributed by atoms with Crippen molar-refractivity contribution in [3.63, 3.8) is 0 Å². The van der Waals surface area contributed by atoms with E-state index < -0.39 is 10.8 Å². The Balaban J connectivity index is 1.86. The molecule has 0 bridgehead atoms. The lowest BCUT2D eigenvalue weighted by Gasteiger charge is -2.28. The van der Waals surface area contributed by atoms with Gasteiger partial charge in [0.25, 0.3) is 0 Å². The first-order valence-corrected chi connectivity index (χ1v) is 8.64. The van der Waals surface area contributed by atoms with Crippen LogP contribution in [-0.2, 0) is 10.2 Å². The summed E-state index contributed by atoms with van der Waals surface area (Å²) < 4.78 is 5.19. The van der Waals surface area contributed by atoms with Crippen molar-refractivity contribution in [2.75, 3.05) is 11.9 Å². The average Bonchev–Trinajstić information content (AvgIpc) is 2.91. The molecule has 1 amide bonds. The summed E-state index contributed by atoms with van der Waals surface area (Å²) in [6.45, 7) is 7.66. The number of hydrogen-bond donors (Lipinski definition) is 2. The summed E-state index contributed by atoms with van der Waals surface area (Å²) >= 11 is 0. The van der Waals surface area contributed by atoms with Gasteiger partial charge in [0.1, 0.15) is 0 Å². The second-order valence-corrected chi connectivity index (χ2v) is 8.15. The van der Waals surface area contributed by atoms with Crippen molar-refractivity contribution < 1.29 is 14.4 Å². The molecular weight excluding hydrogens is 292 g/mol. The highest BCUT2D eigenvalue weighted by molar-refractivity contribution is 5.93.